The first-order valence-electron chi connectivity index (χ1n) is 9.09. The van der Waals surface area contributed by atoms with E-state index in [1.54, 1.807) is 24.3 Å². The SMILES string of the molecule is Cc1ccccc1OCC(=O)Nc1ccc(C(=O)N2CCN(C)CC2)cc1. The first-order valence-corrected chi connectivity index (χ1v) is 9.09. The number of nitrogens with zero attached hydrogens (tertiary/aromatic N) is 2. The van der Waals surface area contributed by atoms with Gasteiger partial charge in [0.1, 0.15) is 5.75 Å². The smallest absolute Gasteiger partial charge is 0.262 e. The van der Waals surface area contributed by atoms with Gasteiger partial charge in [0.05, 0.1) is 0 Å². The molecule has 0 aromatic heterocycles. The van der Waals surface area contributed by atoms with Crippen molar-refractivity contribution in [3.8, 4) is 5.75 Å². The zero-order chi connectivity index (χ0) is 19.2. The van der Waals surface area contributed by atoms with E-state index in [0.717, 1.165) is 31.7 Å². The number of carbonyl (C=O) groups is 2. The third kappa shape index (κ3) is 5.08. The largest absolute Gasteiger partial charge is 0.483 e. The molecule has 1 aliphatic heterocycles. The average molecular weight is 367 g/mol. The molecule has 0 spiro atoms. The molecule has 1 aliphatic rings. The third-order valence-electron chi connectivity index (χ3n) is 4.66. The average Bonchev–Trinajstić information content (AvgIpc) is 2.68. The summed E-state index contributed by atoms with van der Waals surface area (Å²) in [5.74, 6) is 0.487. The van der Waals surface area contributed by atoms with Crippen molar-refractivity contribution >= 4 is 17.5 Å². The van der Waals surface area contributed by atoms with Crippen molar-refractivity contribution in [2.75, 3.05) is 45.2 Å². The zero-order valence-corrected chi connectivity index (χ0v) is 15.8. The Kier molecular flexibility index (Phi) is 6.08. The van der Waals surface area contributed by atoms with Gasteiger partial charge in [-0.25, -0.2) is 0 Å². The topological polar surface area (TPSA) is 61.9 Å². The van der Waals surface area contributed by atoms with Crippen molar-refractivity contribution in [3.05, 3.63) is 59.7 Å². The molecule has 1 heterocycles. The lowest BCUT2D eigenvalue weighted by atomic mass is 10.1. The molecule has 6 heteroatoms. The van der Waals surface area contributed by atoms with E-state index in [4.69, 9.17) is 4.74 Å². The minimum absolute atomic E-state index is 0.0314. The van der Waals surface area contributed by atoms with Gasteiger partial charge >= 0.3 is 0 Å². The molecule has 0 saturated carbocycles. The predicted molar refractivity (Wildman–Crippen MR) is 105 cm³/mol. The van der Waals surface area contributed by atoms with Gasteiger partial charge in [-0.15, -0.1) is 0 Å². The first kappa shape index (κ1) is 18.9. The number of rotatable bonds is 5. The van der Waals surface area contributed by atoms with E-state index < -0.39 is 0 Å². The van der Waals surface area contributed by atoms with Crippen molar-refractivity contribution in [3.63, 3.8) is 0 Å². The van der Waals surface area contributed by atoms with Crippen LogP contribution in [0.4, 0.5) is 5.69 Å². The maximum atomic E-state index is 12.5. The summed E-state index contributed by atoms with van der Waals surface area (Å²) in [4.78, 5) is 28.7. The number of aryl methyl sites for hydroxylation is 1. The number of carbonyl (C=O) groups excluding carboxylic acids is 2. The van der Waals surface area contributed by atoms with Gasteiger partial charge in [-0.1, -0.05) is 18.2 Å². The molecule has 3 rings (SSSR count). The summed E-state index contributed by atoms with van der Waals surface area (Å²) in [6, 6.07) is 14.6. The Balaban J connectivity index is 1.52. The second-order valence-electron chi connectivity index (χ2n) is 6.78. The highest BCUT2D eigenvalue weighted by molar-refractivity contribution is 5.96. The molecule has 0 atom stereocenters. The standard InChI is InChI=1S/C21H25N3O3/c1-16-5-3-4-6-19(16)27-15-20(25)22-18-9-7-17(8-10-18)21(26)24-13-11-23(2)12-14-24/h3-10H,11-15H2,1-2H3,(H,22,25). The Morgan fingerprint density at radius 1 is 1.00 bits per heavy atom. The van der Waals surface area contributed by atoms with E-state index in [9.17, 15) is 9.59 Å². The van der Waals surface area contributed by atoms with Gasteiger partial charge in [0, 0.05) is 37.4 Å². The molecule has 0 radical (unpaired) electrons. The van der Waals surface area contributed by atoms with Crippen LogP contribution in [0, 0.1) is 6.92 Å². The van der Waals surface area contributed by atoms with Crippen LogP contribution < -0.4 is 10.1 Å². The highest BCUT2D eigenvalue weighted by Crippen LogP contribution is 2.16. The molecule has 1 saturated heterocycles. The highest BCUT2D eigenvalue weighted by Gasteiger charge is 2.20. The van der Waals surface area contributed by atoms with Gasteiger partial charge in [0.25, 0.3) is 11.8 Å². The molecule has 0 unspecified atom stereocenters. The lowest BCUT2D eigenvalue weighted by molar-refractivity contribution is -0.118. The van der Waals surface area contributed by atoms with Crippen LogP contribution in [-0.2, 0) is 4.79 Å². The van der Waals surface area contributed by atoms with E-state index in [0.29, 0.717) is 17.0 Å². The number of hydrogen-bond donors (Lipinski definition) is 1. The van der Waals surface area contributed by atoms with Crippen molar-refractivity contribution in [1.29, 1.82) is 0 Å². The third-order valence-corrected chi connectivity index (χ3v) is 4.66. The van der Waals surface area contributed by atoms with E-state index in [1.165, 1.54) is 0 Å². The summed E-state index contributed by atoms with van der Waals surface area (Å²) < 4.78 is 5.54. The molecule has 2 aromatic carbocycles. The van der Waals surface area contributed by atoms with E-state index in [1.807, 2.05) is 36.1 Å². The van der Waals surface area contributed by atoms with E-state index in [-0.39, 0.29) is 18.4 Å². The van der Waals surface area contributed by atoms with E-state index in [2.05, 4.69) is 17.3 Å². The number of piperazine rings is 1. The van der Waals surface area contributed by atoms with Gasteiger partial charge in [-0.3, -0.25) is 9.59 Å². The van der Waals surface area contributed by atoms with E-state index >= 15 is 0 Å². The molecular weight excluding hydrogens is 342 g/mol. The fourth-order valence-electron chi connectivity index (χ4n) is 2.95. The van der Waals surface area contributed by atoms with Gasteiger partial charge in [0.15, 0.2) is 6.61 Å². The number of anilines is 1. The summed E-state index contributed by atoms with van der Waals surface area (Å²) in [7, 11) is 2.06. The van der Waals surface area contributed by atoms with Gasteiger partial charge in [-0.2, -0.15) is 0 Å². The maximum Gasteiger partial charge on any atom is 0.262 e. The Morgan fingerprint density at radius 3 is 2.33 bits per heavy atom. The monoisotopic (exact) mass is 367 g/mol. The Bertz CT molecular complexity index is 797. The summed E-state index contributed by atoms with van der Waals surface area (Å²) in [5, 5.41) is 2.79. The fourth-order valence-corrected chi connectivity index (χ4v) is 2.95. The molecule has 2 amide bonds. The van der Waals surface area contributed by atoms with Crippen LogP contribution in [0.2, 0.25) is 0 Å². The molecule has 2 aromatic rings. The molecule has 1 N–H and O–H groups in total. The zero-order valence-electron chi connectivity index (χ0n) is 15.8. The lowest BCUT2D eigenvalue weighted by Crippen LogP contribution is -2.47. The Morgan fingerprint density at radius 2 is 1.67 bits per heavy atom. The molecule has 0 bridgehead atoms. The second kappa shape index (κ2) is 8.68. The van der Waals surface area contributed by atoms with Crippen molar-refractivity contribution < 1.29 is 14.3 Å². The minimum Gasteiger partial charge on any atom is -0.483 e. The molecule has 0 aliphatic carbocycles. The maximum absolute atomic E-state index is 12.5. The number of hydrogen-bond acceptors (Lipinski definition) is 4. The Hall–Kier alpha value is -2.86. The van der Waals surface area contributed by atoms with Crippen molar-refractivity contribution in [2.24, 2.45) is 0 Å². The number of ether oxygens (including phenoxy) is 1. The summed E-state index contributed by atoms with van der Waals surface area (Å²) in [6.45, 7) is 5.13. The Labute approximate surface area is 159 Å². The van der Waals surface area contributed by atoms with Crippen molar-refractivity contribution in [1.82, 2.24) is 9.80 Å². The predicted octanol–water partition coefficient (Wildman–Crippen LogP) is 2.40. The van der Waals surface area contributed by atoms with Crippen molar-refractivity contribution in [2.45, 2.75) is 6.92 Å². The molecule has 27 heavy (non-hydrogen) atoms. The molecule has 142 valence electrons. The van der Waals surface area contributed by atoms with Crippen LogP contribution in [0.15, 0.2) is 48.5 Å². The van der Waals surface area contributed by atoms with Crippen LogP contribution in [0.3, 0.4) is 0 Å². The minimum atomic E-state index is -0.239. The number of nitrogens with one attached hydrogen (secondary N) is 1. The summed E-state index contributed by atoms with van der Waals surface area (Å²) in [6.07, 6.45) is 0. The lowest BCUT2D eigenvalue weighted by Gasteiger charge is -2.32. The van der Waals surface area contributed by atoms with Crippen LogP contribution in [-0.4, -0.2) is 61.4 Å². The van der Waals surface area contributed by atoms with Crippen LogP contribution >= 0.6 is 0 Å². The van der Waals surface area contributed by atoms with Crippen LogP contribution in [0.1, 0.15) is 15.9 Å². The first-order chi connectivity index (χ1) is 13.0. The molecular formula is C21H25N3O3. The fraction of sp³-hybridized carbons (Fsp3) is 0.333. The highest BCUT2D eigenvalue weighted by atomic mass is 16.5. The molecule has 6 nitrogen and oxygen atoms in total. The summed E-state index contributed by atoms with van der Waals surface area (Å²) >= 11 is 0. The molecule has 1 fully saturated rings. The normalized spacial score (nSPS) is 14.7. The van der Waals surface area contributed by atoms with Crippen LogP contribution in [0.5, 0.6) is 5.75 Å². The number of likely N-dealkylation sites (N-methyl/N-ethyl adjacent to an activating group) is 1. The van der Waals surface area contributed by atoms with Gasteiger partial charge in [-0.05, 0) is 49.9 Å². The van der Waals surface area contributed by atoms with Gasteiger partial charge < -0.3 is 19.9 Å². The number of benzene rings is 2. The van der Waals surface area contributed by atoms with Gasteiger partial charge in [0.2, 0.25) is 0 Å². The quantitative estimate of drug-likeness (QED) is 0.882. The second-order valence-corrected chi connectivity index (χ2v) is 6.78. The summed E-state index contributed by atoms with van der Waals surface area (Å²) in [5.41, 5.74) is 2.26. The number of para-hydroxylation sites is 1. The van der Waals surface area contributed by atoms with Crippen LogP contribution in [0.25, 0.3) is 0 Å². The number of amides is 2.